The van der Waals surface area contributed by atoms with Gasteiger partial charge >= 0.3 is 0 Å². The maximum absolute atomic E-state index is 12.2. The summed E-state index contributed by atoms with van der Waals surface area (Å²) in [6, 6.07) is 4.27. The maximum atomic E-state index is 12.2. The molecule has 18 heavy (non-hydrogen) atoms. The van der Waals surface area contributed by atoms with Crippen molar-refractivity contribution in [2.75, 3.05) is 13.1 Å². The summed E-state index contributed by atoms with van der Waals surface area (Å²) in [5.74, 6) is 0. The lowest BCUT2D eigenvalue weighted by molar-refractivity contribution is 0.428. The summed E-state index contributed by atoms with van der Waals surface area (Å²) < 4.78 is 27.0. The number of nitrogens with one attached hydrogen (secondary N) is 2. The Morgan fingerprint density at radius 3 is 2.72 bits per heavy atom. The van der Waals surface area contributed by atoms with Gasteiger partial charge in [0.2, 0.25) is 10.0 Å². The number of hydrogen-bond acceptors (Lipinski definition) is 3. The van der Waals surface area contributed by atoms with E-state index in [0.29, 0.717) is 11.6 Å². The van der Waals surface area contributed by atoms with Crippen molar-refractivity contribution in [2.24, 2.45) is 0 Å². The molecule has 2 rings (SSSR count). The predicted octanol–water partition coefficient (Wildman–Crippen LogP) is 2.02. The zero-order valence-corrected chi connectivity index (χ0v) is 11.9. The standard InChI is InChI=1S/C11H14Cl2N2O2S/c12-8-3-4-11(10(13)6-8)18(16,17)15-9-2-1-5-14-7-9/h3-4,6,9,14-15H,1-2,5,7H2/t9-/m1/s1. The molecule has 0 aliphatic carbocycles. The molecule has 0 amide bonds. The van der Waals surface area contributed by atoms with Crippen LogP contribution in [0.4, 0.5) is 0 Å². The minimum absolute atomic E-state index is 0.0686. The number of hydrogen-bond donors (Lipinski definition) is 2. The Morgan fingerprint density at radius 2 is 2.11 bits per heavy atom. The van der Waals surface area contributed by atoms with Crippen molar-refractivity contribution >= 4 is 33.2 Å². The Balaban J connectivity index is 2.19. The average molecular weight is 309 g/mol. The molecule has 0 aromatic heterocycles. The van der Waals surface area contributed by atoms with Crippen molar-refractivity contribution < 1.29 is 8.42 Å². The van der Waals surface area contributed by atoms with Crippen LogP contribution in [-0.4, -0.2) is 27.5 Å². The third-order valence-corrected chi connectivity index (χ3v) is 5.04. The highest BCUT2D eigenvalue weighted by atomic mass is 35.5. The predicted molar refractivity (Wildman–Crippen MR) is 72.7 cm³/mol. The van der Waals surface area contributed by atoms with E-state index in [4.69, 9.17) is 23.2 Å². The van der Waals surface area contributed by atoms with Gasteiger partial charge in [-0.3, -0.25) is 0 Å². The lowest BCUT2D eigenvalue weighted by Gasteiger charge is -2.23. The molecule has 1 saturated heterocycles. The molecule has 1 aliphatic rings. The maximum Gasteiger partial charge on any atom is 0.242 e. The highest BCUT2D eigenvalue weighted by Crippen LogP contribution is 2.25. The van der Waals surface area contributed by atoms with Crippen LogP contribution in [0.5, 0.6) is 0 Å². The van der Waals surface area contributed by atoms with Crippen LogP contribution in [0.3, 0.4) is 0 Å². The minimum Gasteiger partial charge on any atom is -0.315 e. The molecule has 1 fully saturated rings. The Bertz CT molecular complexity index is 528. The lowest BCUT2D eigenvalue weighted by Crippen LogP contribution is -2.45. The van der Waals surface area contributed by atoms with E-state index in [9.17, 15) is 8.42 Å². The van der Waals surface area contributed by atoms with Crippen molar-refractivity contribution in [2.45, 2.75) is 23.8 Å². The molecule has 1 aromatic carbocycles. The normalized spacial score (nSPS) is 20.9. The Morgan fingerprint density at radius 1 is 1.33 bits per heavy atom. The van der Waals surface area contributed by atoms with Crippen molar-refractivity contribution in [1.29, 1.82) is 0 Å². The van der Waals surface area contributed by atoms with E-state index in [1.807, 2.05) is 0 Å². The fourth-order valence-electron chi connectivity index (χ4n) is 1.93. The van der Waals surface area contributed by atoms with Gasteiger partial charge in [0.25, 0.3) is 0 Å². The Kier molecular flexibility index (Phi) is 4.50. The molecule has 2 N–H and O–H groups in total. The topological polar surface area (TPSA) is 58.2 Å². The first-order chi connectivity index (χ1) is 8.49. The quantitative estimate of drug-likeness (QED) is 0.898. The zero-order chi connectivity index (χ0) is 13.2. The molecular weight excluding hydrogens is 295 g/mol. The van der Waals surface area contributed by atoms with Gasteiger partial charge < -0.3 is 5.32 Å². The molecule has 0 spiro atoms. The number of benzene rings is 1. The Hall–Kier alpha value is -0.330. The fraction of sp³-hybridized carbons (Fsp3) is 0.455. The second-order valence-corrected chi connectivity index (χ2v) is 6.77. The molecule has 1 heterocycles. The highest BCUT2D eigenvalue weighted by molar-refractivity contribution is 7.89. The van der Waals surface area contributed by atoms with Crippen molar-refractivity contribution in [3.63, 3.8) is 0 Å². The summed E-state index contributed by atoms with van der Waals surface area (Å²) in [7, 11) is -3.59. The highest BCUT2D eigenvalue weighted by Gasteiger charge is 2.23. The molecule has 7 heteroatoms. The summed E-state index contributed by atoms with van der Waals surface area (Å²) in [6.07, 6.45) is 1.79. The monoisotopic (exact) mass is 308 g/mol. The summed E-state index contributed by atoms with van der Waals surface area (Å²) in [5, 5.41) is 3.70. The van der Waals surface area contributed by atoms with Crippen LogP contribution < -0.4 is 10.0 Å². The van der Waals surface area contributed by atoms with E-state index in [1.165, 1.54) is 18.2 Å². The molecule has 1 aromatic rings. The minimum atomic E-state index is -3.59. The number of rotatable bonds is 3. The molecule has 0 unspecified atom stereocenters. The van der Waals surface area contributed by atoms with Gasteiger partial charge in [-0.25, -0.2) is 13.1 Å². The molecule has 0 radical (unpaired) electrons. The van der Waals surface area contributed by atoms with Gasteiger partial charge in [0.1, 0.15) is 4.90 Å². The second kappa shape index (κ2) is 5.75. The average Bonchev–Trinajstić information content (AvgIpc) is 2.29. The van der Waals surface area contributed by atoms with Crippen molar-refractivity contribution in [3.05, 3.63) is 28.2 Å². The van der Waals surface area contributed by atoms with E-state index < -0.39 is 10.0 Å². The van der Waals surface area contributed by atoms with Crippen molar-refractivity contribution in [3.8, 4) is 0 Å². The third-order valence-electron chi connectivity index (χ3n) is 2.80. The van der Waals surface area contributed by atoms with E-state index in [1.54, 1.807) is 0 Å². The van der Waals surface area contributed by atoms with Gasteiger partial charge in [0.05, 0.1) is 5.02 Å². The molecule has 4 nitrogen and oxygen atoms in total. The van der Waals surface area contributed by atoms with Crippen LogP contribution in [0.25, 0.3) is 0 Å². The summed E-state index contributed by atoms with van der Waals surface area (Å²) in [4.78, 5) is 0.0686. The summed E-state index contributed by atoms with van der Waals surface area (Å²) >= 11 is 11.7. The smallest absolute Gasteiger partial charge is 0.242 e. The Labute approximate surface area is 117 Å². The van der Waals surface area contributed by atoms with Crippen molar-refractivity contribution in [1.82, 2.24) is 10.0 Å². The van der Waals surface area contributed by atoms with E-state index in [-0.39, 0.29) is 16.0 Å². The number of halogens is 2. The first kappa shape index (κ1) is 14.1. The third kappa shape index (κ3) is 3.36. The van der Waals surface area contributed by atoms with Gasteiger partial charge in [0, 0.05) is 17.6 Å². The number of piperidine rings is 1. The SMILES string of the molecule is O=S(=O)(N[C@@H]1CCCNC1)c1ccc(Cl)cc1Cl. The first-order valence-corrected chi connectivity index (χ1v) is 7.91. The van der Waals surface area contributed by atoms with Crippen LogP contribution in [0.2, 0.25) is 10.0 Å². The lowest BCUT2D eigenvalue weighted by atomic mass is 10.1. The molecule has 1 atom stereocenters. The van der Waals surface area contributed by atoms with E-state index >= 15 is 0 Å². The zero-order valence-electron chi connectivity index (χ0n) is 9.62. The van der Waals surface area contributed by atoms with Gasteiger partial charge in [-0.2, -0.15) is 0 Å². The molecular formula is C11H14Cl2N2O2S. The summed E-state index contributed by atoms with van der Waals surface area (Å²) in [5.41, 5.74) is 0. The largest absolute Gasteiger partial charge is 0.315 e. The molecule has 100 valence electrons. The fourth-order valence-corrected chi connectivity index (χ4v) is 3.97. The van der Waals surface area contributed by atoms with Gasteiger partial charge in [-0.15, -0.1) is 0 Å². The van der Waals surface area contributed by atoms with Crippen LogP contribution in [-0.2, 0) is 10.0 Å². The van der Waals surface area contributed by atoms with Gasteiger partial charge in [-0.05, 0) is 37.6 Å². The number of sulfonamides is 1. The van der Waals surface area contributed by atoms with Crippen LogP contribution in [0.15, 0.2) is 23.1 Å². The van der Waals surface area contributed by atoms with E-state index in [0.717, 1.165) is 19.4 Å². The van der Waals surface area contributed by atoms with Gasteiger partial charge in [-0.1, -0.05) is 23.2 Å². The molecule has 0 bridgehead atoms. The first-order valence-electron chi connectivity index (χ1n) is 5.67. The summed E-state index contributed by atoms with van der Waals surface area (Å²) in [6.45, 7) is 1.57. The van der Waals surface area contributed by atoms with Crippen LogP contribution in [0, 0.1) is 0 Å². The molecule has 0 saturated carbocycles. The van der Waals surface area contributed by atoms with Gasteiger partial charge in [0.15, 0.2) is 0 Å². The van der Waals surface area contributed by atoms with E-state index in [2.05, 4.69) is 10.0 Å². The molecule has 1 aliphatic heterocycles. The van der Waals surface area contributed by atoms with Crippen LogP contribution >= 0.6 is 23.2 Å². The second-order valence-electron chi connectivity index (χ2n) is 4.24. The van der Waals surface area contributed by atoms with Crippen LogP contribution in [0.1, 0.15) is 12.8 Å².